The zero-order valence-electron chi connectivity index (χ0n) is 19.4. The van der Waals surface area contributed by atoms with Crippen LogP contribution in [0.3, 0.4) is 0 Å². The van der Waals surface area contributed by atoms with Gasteiger partial charge in [0.1, 0.15) is 0 Å². The van der Waals surface area contributed by atoms with Gasteiger partial charge in [0, 0.05) is 17.7 Å². The zero-order chi connectivity index (χ0) is 24.0. The molecule has 1 aromatic heterocycles. The molecule has 0 saturated carbocycles. The molecule has 0 aliphatic heterocycles. The number of allylic oxidation sites excluding steroid dienone is 1. The van der Waals surface area contributed by atoms with E-state index in [1.807, 2.05) is 35.8 Å². The average molecular weight is 464 g/mol. The Morgan fingerprint density at radius 2 is 1.70 bits per heavy atom. The summed E-state index contributed by atoms with van der Waals surface area (Å²) in [6.45, 7) is 12.8. The van der Waals surface area contributed by atoms with E-state index in [1.54, 1.807) is 18.2 Å². The number of carbonyl (C=O) groups is 2. The number of aryl methyl sites for hydroxylation is 1. The van der Waals surface area contributed by atoms with Crippen molar-refractivity contribution in [3.05, 3.63) is 77.9 Å². The SMILES string of the molecule is C=CCn1c(SCC(=O)NNC(=O)c2ccc(C)cc2)nnc1-c1ccc(C(C)(C)C)cc1. The lowest BCUT2D eigenvalue weighted by Gasteiger charge is -2.19. The van der Waals surface area contributed by atoms with Gasteiger partial charge in [0.05, 0.1) is 5.75 Å². The van der Waals surface area contributed by atoms with E-state index < -0.39 is 0 Å². The number of benzene rings is 2. The second-order valence-electron chi connectivity index (χ2n) is 8.69. The van der Waals surface area contributed by atoms with E-state index in [0.717, 1.165) is 11.1 Å². The van der Waals surface area contributed by atoms with Gasteiger partial charge in [-0.15, -0.1) is 16.8 Å². The lowest BCUT2D eigenvalue weighted by atomic mass is 9.87. The minimum absolute atomic E-state index is 0.0660. The van der Waals surface area contributed by atoms with Gasteiger partial charge in [0.2, 0.25) is 5.91 Å². The summed E-state index contributed by atoms with van der Waals surface area (Å²) in [5.41, 5.74) is 8.65. The van der Waals surface area contributed by atoms with Crippen LogP contribution in [0.2, 0.25) is 0 Å². The van der Waals surface area contributed by atoms with Crippen LogP contribution in [0.5, 0.6) is 0 Å². The molecule has 0 saturated heterocycles. The number of amides is 2. The van der Waals surface area contributed by atoms with Crippen LogP contribution in [-0.2, 0) is 16.8 Å². The van der Waals surface area contributed by atoms with Crippen LogP contribution in [0.1, 0.15) is 42.3 Å². The standard InChI is InChI=1S/C25H29N5O2S/c1-6-15-30-22(18-11-13-20(14-12-18)25(3,4)5)27-29-24(30)33-16-21(31)26-28-23(32)19-9-7-17(2)8-10-19/h6-14H,1,15-16H2,2-5H3,(H,26,31)(H,28,32). The van der Waals surface area contributed by atoms with Crippen LogP contribution in [0.25, 0.3) is 11.4 Å². The second kappa shape index (κ2) is 10.5. The molecule has 0 atom stereocenters. The fourth-order valence-corrected chi connectivity index (χ4v) is 3.84. The first-order valence-electron chi connectivity index (χ1n) is 10.6. The molecule has 8 heteroatoms. The summed E-state index contributed by atoms with van der Waals surface area (Å²) < 4.78 is 1.92. The first-order valence-corrected chi connectivity index (χ1v) is 11.6. The van der Waals surface area contributed by atoms with Crippen molar-refractivity contribution in [3.8, 4) is 11.4 Å². The fraction of sp³-hybridized carbons (Fsp3) is 0.280. The molecular formula is C25H29N5O2S. The molecule has 2 amide bonds. The van der Waals surface area contributed by atoms with E-state index in [9.17, 15) is 9.59 Å². The molecule has 3 aromatic rings. The highest BCUT2D eigenvalue weighted by Gasteiger charge is 2.17. The van der Waals surface area contributed by atoms with Crippen molar-refractivity contribution in [1.82, 2.24) is 25.6 Å². The van der Waals surface area contributed by atoms with Gasteiger partial charge >= 0.3 is 0 Å². The van der Waals surface area contributed by atoms with E-state index in [1.165, 1.54) is 17.3 Å². The quantitative estimate of drug-likeness (QED) is 0.310. The van der Waals surface area contributed by atoms with Crippen molar-refractivity contribution in [2.24, 2.45) is 0 Å². The first-order chi connectivity index (χ1) is 15.7. The summed E-state index contributed by atoms with van der Waals surface area (Å²) in [6, 6.07) is 15.4. The Morgan fingerprint density at radius 3 is 2.30 bits per heavy atom. The molecule has 0 aliphatic carbocycles. The summed E-state index contributed by atoms with van der Waals surface area (Å²) >= 11 is 1.25. The molecule has 0 radical (unpaired) electrons. The number of hydrogen-bond donors (Lipinski definition) is 2. The number of nitrogens with one attached hydrogen (secondary N) is 2. The van der Waals surface area contributed by atoms with Crippen LogP contribution in [-0.4, -0.2) is 32.3 Å². The lowest BCUT2D eigenvalue weighted by molar-refractivity contribution is -0.119. The number of hydrazine groups is 1. The summed E-state index contributed by atoms with van der Waals surface area (Å²) in [4.78, 5) is 24.4. The van der Waals surface area contributed by atoms with E-state index >= 15 is 0 Å². The molecule has 0 bridgehead atoms. The van der Waals surface area contributed by atoms with Crippen LogP contribution in [0.15, 0.2) is 66.3 Å². The van der Waals surface area contributed by atoms with Gasteiger partial charge in [-0.25, -0.2) is 0 Å². The van der Waals surface area contributed by atoms with E-state index in [-0.39, 0.29) is 23.0 Å². The van der Waals surface area contributed by atoms with Gasteiger partial charge in [0.15, 0.2) is 11.0 Å². The zero-order valence-corrected chi connectivity index (χ0v) is 20.2. The van der Waals surface area contributed by atoms with Crippen molar-refractivity contribution in [2.45, 2.75) is 44.8 Å². The highest BCUT2D eigenvalue weighted by Crippen LogP contribution is 2.27. The summed E-state index contributed by atoms with van der Waals surface area (Å²) in [6.07, 6.45) is 1.77. The van der Waals surface area contributed by atoms with Crippen molar-refractivity contribution in [2.75, 3.05) is 5.75 Å². The monoisotopic (exact) mass is 463 g/mol. The third kappa shape index (κ3) is 6.32. The molecule has 0 aliphatic rings. The number of nitrogens with zero attached hydrogens (tertiary/aromatic N) is 3. The highest BCUT2D eigenvalue weighted by molar-refractivity contribution is 7.99. The highest BCUT2D eigenvalue weighted by atomic mass is 32.2. The Hall–Kier alpha value is -3.39. The summed E-state index contributed by atoms with van der Waals surface area (Å²) in [5.74, 6) is 0.0756. The predicted octanol–water partition coefficient (Wildman–Crippen LogP) is 4.29. The molecular weight excluding hydrogens is 434 g/mol. The maximum atomic E-state index is 12.3. The Kier molecular flexibility index (Phi) is 7.71. The molecule has 172 valence electrons. The Labute approximate surface area is 198 Å². The Balaban J connectivity index is 1.63. The summed E-state index contributed by atoms with van der Waals surface area (Å²) in [5, 5.41) is 9.21. The van der Waals surface area contributed by atoms with Gasteiger partial charge in [-0.2, -0.15) is 0 Å². The molecule has 2 aromatic carbocycles. The van der Waals surface area contributed by atoms with E-state index in [2.05, 4.69) is 60.5 Å². The minimum Gasteiger partial charge on any atom is -0.298 e. The summed E-state index contributed by atoms with van der Waals surface area (Å²) in [7, 11) is 0. The smallest absolute Gasteiger partial charge is 0.269 e. The molecule has 3 rings (SSSR count). The third-order valence-corrected chi connectivity index (χ3v) is 5.97. The number of aromatic nitrogens is 3. The largest absolute Gasteiger partial charge is 0.298 e. The molecule has 0 fully saturated rings. The minimum atomic E-state index is -0.371. The van der Waals surface area contributed by atoms with E-state index in [4.69, 9.17) is 0 Å². The molecule has 0 unspecified atom stereocenters. The molecule has 0 spiro atoms. The van der Waals surface area contributed by atoms with Gasteiger partial charge in [-0.1, -0.05) is 80.6 Å². The lowest BCUT2D eigenvalue weighted by Crippen LogP contribution is -2.42. The topological polar surface area (TPSA) is 88.9 Å². The van der Waals surface area contributed by atoms with Crippen molar-refractivity contribution in [1.29, 1.82) is 0 Å². The van der Waals surface area contributed by atoms with Gasteiger partial charge in [-0.3, -0.25) is 25.0 Å². The predicted molar refractivity (Wildman–Crippen MR) is 132 cm³/mol. The van der Waals surface area contributed by atoms with Gasteiger partial charge in [-0.05, 0) is 30.0 Å². The average Bonchev–Trinajstić information content (AvgIpc) is 3.19. The van der Waals surface area contributed by atoms with Crippen LogP contribution in [0, 0.1) is 6.92 Å². The number of carbonyl (C=O) groups excluding carboxylic acids is 2. The maximum Gasteiger partial charge on any atom is 0.269 e. The van der Waals surface area contributed by atoms with Crippen LogP contribution in [0.4, 0.5) is 0 Å². The van der Waals surface area contributed by atoms with Crippen molar-refractivity contribution >= 4 is 23.6 Å². The molecule has 33 heavy (non-hydrogen) atoms. The molecule has 1 heterocycles. The first kappa shape index (κ1) is 24.3. The van der Waals surface area contributed by atoms with Gasteiger partial charge in [0.25, 0.3) is 5.91 Å². The maximum absolute atomic E-state index is 12.3. The Bertz CT molecular complexity index is 1130. The molecule has 2 N–H and O–H groups in total. The number of thioether (sulfide) groups is 1. The van der Waals surface area contributed by atoms with Crippen LogP contribution >= 0.6 is 11.8 Å². The normalized spacial score (nSPS) is 11.2. The van der Waals surface area contributed by atoms with Crippen molar-refractivity contribution < 1.29 is 9.59 Å². The number of rotatable bonds is 7. The third-order valence-electron chi connectivity index (χ3n) is 5.00. The Morgan fingerprint density at radius 1 is 1.03 bits per heavy atom. The number of hydrogen-bond acceptors (Lipinski definition) is 5. The van der Waals surface area contributed by atoms with Gasteiger partial charge < -0.3 is 0 Å². The second-order valence-corrected chi connectivity index (χ2v) is 9.63. The van der Waals surface area contributed by atoms with Crippen molar-refractivity contribution in [3.63, 3.8) is 0 Å². The van der Waals surface area contributed by atoms with E-state index in [0.29, 0.717) is 23.1 Å². The fourth-order valence-electron chi connectivity index (χ4n) is 3.09. The van der Waals surface area contributed by atoms with Crippen LogP contribution < -0.4 is 10.9 Å². The molecule has 7 nitrogen and oxygen atoms in total.